The van der Waals surface area contributed by atoms with Crippen LogP contribution in [0.2, 0.25) is 0 Å². The lowest BCUT2D eigenvalue weighted by molar-refractivity contribution is -0.0270. The first-order valence-electron chi connectivity index (χ1n) is 12.2. The van der Waals surface area contributed by atoms with Gasteiger partial charge in [-0.2, -0.15) is 0 Å². The molecule has 8 nitrogen and oxygen atoms in total. The molecule has 0 bridgehead atoms. The SMILES string of the molecule is COc1ccc(/C=C/CO[C@@H]2Cc3c(OC)cc(OC)cc3O[C@@H]2c2cc(OC)c(OC)c(OC)c2)cc1. The maximum Gasteiger partial charge on any atom is 0.203 e. The van der Waals surface area contributed by atoms with Crippen molar-refractivity contribution in [3.05, 3.63) is 71.3 Å². The molecule has 0 saturated heterocycles. The number of hydrogen-bond donors (Lipinski definition) is 0. The minimum Gasteiger partial charge on any atom is -0.497 e. The highest BCUT2D eigenvalue weighted by molar-refractivity contribution is 5.56. The summed E-state index contributed by atoms with van der Waals surface area (Å²) in [4.78, 5) is 0. The van der Waals surface area contributed by atoms with Crippen molar-refractivity contribution in [2.45, 2.75) is 18.6 Å². The zero-order valence-electron chi connectivity index (χ0n) is 22.6. The van der Waals surface area contributed by atoms with Crippen LogP contribution in [-0.4, -0.2) is 55.4 Å². The number of fused-ring (bicyclic) bond motifs is 1. The third kappa shape index (κ3) is 5.75. The van der Waals surface area contributed by atoms with E-state index < -0.39 is 6.10 Å². The Morgan fingerprint density at radius 2 is 1.39 bits per heavy atom. The fourth-order valence-corrected chi connectivity index (χ4v) is 4.50. The molecule has 1 aliphatic rings. The van der Waals surface area contributed by atoms with Gasteiger partial charge in [0.2, 0.25) is 5.75 Å². The molecule has 0 amide bonds. The molecule has 0 saturated carbocycles. The Hall–Kier alpha value is -4.04. The third-order valence-corrected chi connectivity index (χ3v) is 6.44. The average Bonchev–Trinajstić information content (AvgIpc) is 2.97. The molecule has 0 N–H and O–H groups in total. The summed E-state index contributed by atoms with van der Waals surface area (Å²) < 4.78 is 46.0. The summed E-state index contributed by atoms with van der Waals surface area (Å²) in [5, 5.41) is 0. The Morgan fingerprint density at radius 3 is 1.97 bits per heavy atom. The van der Waals surface area contributed by atoms with E-state index in [2.05, 4.69) is 0 Å². The van der Waals surface area contributed by atoms with Crippen LogP contribution in [0.15, 0.2) is 54.6 Å². The van der Waals surface area contributed by atoms with E-state index >= 15 is 0 Å². The molecule has 0 fully saturated rings. The fraction of sp³-hybridized carbons (Fsp3) is 0.333. The van der Waals surface area contributed by atoms with Crippen LogP contribution in [-0.2, 0) is 11.2 Å². The molecule has 3 aromatic carbocycles. The minimum atomic E-state index is -0.456. The molecule has 1 heterocycles. The topological polar surface area (TPSA) is 73.8 Å². The first-order chi connectivity index (χ1) is 18.5. The van der Waals surface area contributed by atoms with Crippen LogP contribution in [0.1, 0.15) is 22.8 Å². The van der Waals surface area contributed by atoms with Crippen molar-refractivity contribution in [1.29, 1.82) is 0 Å². The summed E-state index contributed by atoms with van der Waals surface area (Å²) in [5.74, 6) is 4.41. The number of rotatable bonds is 11. The van der Waals surface area contributed by atoms with Crippen molar-refractivity contribution in [2.75, 3.05) is 49.3 Å². The van der Waals surface area contributed by atoms with E-state index in [9.17, 15) is 0 Å². The van der Waals surface area contributed by atoms with Crippen molar-refractivity contribution >= 4 is 6.08 Å². The van der Waals surface area contributed by atoms with Crippen molar-refractivity contribution in [1.82, 2.24) is 0 Å². The standard InChI is InChI=1S/C30H34O8/c1-31-21-11-9-19(10-12-21)8-7-13-37-28-18-23-24(33-3)16-22(32-2)17-25(23)38-29(28)20-14-26(34-4)30(36-6)27(15-20)35-5/h7-12,14-17,28-29H,13,18H2,1-6H3/b8-7+/t28-,29-/m1/s1. The maximum absolute atomic E-state index is 6.55. The first kappa shape index (κ1) is 27.0. The number of hydrogen-bond acceptors (Lipinski definition) is 8. The van der Waals surface area contributed by atoms with Gasteiger partial charge in [0.05, 0.1) is 49.3 Å². The molecule has 0 aromatic heterocycles. The van der Waals surface area contributed by atoms with Crippen molar-refractivity contribution in [2.24, 2.45) is 0 Å². The maximum atomic E-state index is 6.55. The van der Waals surface area contributed by atoms with E-state index in [0.717, 1.165) is 22.4 Å². The van der Waals surface area contributed by atoms with Gasteiger partial charge in [0.15, 0.2) is 17.6 Å². The first-order valence-corrected chi connectivity index (χ1v) is 12.2. The highest BCUT2D eigenvalue weighted by Gasteiger charge is 2.35. The summed E-state index contributed by atoms with van der Waals surface area (Å²) in [5.41, 5.74) is 2.80. The van der Waals surface area contributed by atoms with Gasteiger partial charge < -0.3 is 37.9 Å². The van der Waals surface area contributed by atoms with Crippen LogP contribution >= 0.6 is 0 Å². The number of ether oxygens (including phenoxy) is 8. The van der Waals surface area contributed by atoms with Crippen molar-refractivity contribution in [3.63, 3.8) is 0 Å². The molecule has 0 unspecified atom stereocenters. The molecular weight excluding hydrogens is 488 g/mol. The Balaban J connectivity index is 1.66. The summed E-state index contributed by atoms with van der Waals surface area (Å²) in [7, 11) is 9.65. The van der Waals surface area contributed by atoms with E-state index in [1.165, 1.54) is 0 Å². The van der Waals surface area contributed by atoms with Gasteiger partial charge in [-0.3, -0.25) is 0 Å². The van der Waals surface area contributed by atoms with Gasteiger partial charge in [-0.05, 0) is 29.8 Å². The molecule has 4 rings (SSSR count). The Bertz CT molecular complexity index is 1230. The minimum absolute atomic E-state index is 0.326. The second-order valence-electron chi connectivity index (χ2n) is 8.55. The molecule has 3 aromatic rings. The predicted octanol–water partition coefficient (Wildman–Crippen LogP) is 5.51. The quantitative estimate of drug-likeness (QED) is 0.326. The van der Waals surface area contributed by atoms with Gasteiger partial charge in [-0.15, -0.1) is 0 Å². The van der Waals surface area contributed by atoms with Gasteiger partial charge >= 0.3 is 0 Å². The molecule has 2 atom stereocenters. The molecule has 8 heteroatoms. The third-order valence-electron chi connectivity index (χ3n) is 6.44. The van der Waals surface area contributed by atoms with Gasteiger partial charge in [-0.1, -0.05) is 24.3 Å². The fourth-order valence-electron chi connectivity index (χ4n) is 4.50. The van der Waals surface area contributed by atoms with E-state index in [1.807, 2.05) is 60.7 Å². The van der Waals surface area contributed by atoms with E-state index in [0.29, 0.717) is 47.5 Å². The van der Waals surface area contributed by atoms with Crippen LogP contribution in [0.3, 0.4) is 0 Å². The lowest BCUT2D eigenvalue weighted by Gasteiger charge is -2.35. The van der Waals surface area contributed by atoms with E-state index in [4.69, 9.17) is 37.9 Å². The van der Waals surface area contributed by atoms with Crippen LogP contribution in [0, 0.1) is 0 Å². The molecular formula is C30H34O8. The number of methoxy groups -OCH3 is 6. The van der Waals surface area contributed by atoms with Crippen molar-refractivity contribution < 1.29 is 37.9 Å². The van der Waals surface area contributed by atoms with Crippen LogP contribution in [0.5, 0.6) is 40.2 Å². The van der Waals surface area contributed by atoms with E-state index in [-0.39, 0.29) is 6.10 Å². The molecule has 0 spiro atoms. The predicted molar refractivity (Wildman–Crippen MR) is 144 cm³/mol. The molecule has 202 valence electrons. The number of benzene rings is 3. The highest BCUT2D eigenvalue weighted by Crippen LogP contribution is 2.46. The highest BCUT2D eigenvalue weighted by atomic mass is 16.6. The van der Waals surface area contributed by atoms with Crippen LogP contribution in [0.4, 0.5) is 0 Å². The summed E-state index contributed by atoms with van der Waals surface area (Å²) >= 11 is 0. The Morgan fingerprint density at radius 1 is 0.737 bits per heavy atom. The monoisotopic (exact) mass is 522 g/mol. The molecule has 38 heavy (non-hydrogen) atoms. The summed E-state index contributed by atoms with van der Waals surface area (Å²) in [6.07, 6.45) is 3.78. The zero-order valence-corrected chi connectivity index (χ0v) is 22.6. The van der Waals surface area contributed by atoms with Gasteiger partial charge in [0.1, 0.15) is 29.1 Å². The zero-order chi connectivity index (χ0) is 27.1. The summed E-state index contributed by atoms with van der Waals surface area (Å²) in [6.45, 7) is 0.384. The van der Waals surface area contributed by atoms with Crippen molar-refractivity contribution in [3.8, 4) is 40.2 Å². The lowest BCUT2D eigenvalue weighted by atomic mass is 9.93. The molecule has 0 aliphatic carbocycles. The average molecular weight is 523 g/mol. The van der Waals surface area contributed by atoms with Gasteiger partial charge in [0.25, 0.3) is 0 Å². The largest absolute Gasteiger partial charge is 0.497 e. The van der Waals surface area contributed by atoms with E-state index in [1.54, 1.807) is 42.7 Å². The Kier molecular flexibility index (Phi) is 8.86. The van der Waals surface area contributed by atoms with Crippen LogP contribution in [0.25, 0.3) is 6.08 Å². The Labute approximate surface area is 223 Å². The second-order valence-corrected chi connectivity index (χ2v) is 8.55. The molecule has 1 aliphatic heterocycles. The van der Waals surface area contributed by atoms with Gasteiger partial charge in [0, 0.05) is 29.7 Å². The lowest BCUT2D eigenvalue weighted by Crippen LogP contribution is -2.33. The van der Waals surface area contributed by atoms with Crippen LogP contribution < -0.4 is 33.2 Å². The summed E-state index contributed by atoms with van der Waals surface area (Å²) in [6, 6.07) is 15.3. The second kappa shape index (κ2) is 12.5. The normalized spacial score (nSPS) is 16.4. The van der Waals surface area contributed by atoms with Gasteiger partial charge in [-0.25, -0.2) is 0 Å². The molecule has 0 radical (unpaired) electrons. The smallest absolute Gasteiger partial charge is 0.203 e.